The normalized spacial score (nSPS) is 13.3. The Morgan fingerprint density at radius 2 is 1.64 bits per heavy atom. The van der Waals surface area contributed by atoms with Gasteiger partial charge in [0.2, 0.25) is 0 Å². The third-order valence-corrected chi connectivity index (χ3v) is 2.53. The van der Waals surface area contributed by atoms with Crippen molar-refractivity contribution in [3.05, 3.63) is 33.8 Å². The third-order valence-electron chi connectivity index (χ3n) is 2.09. The maximum Gasteiger partial charge on any atom is 0.0483 e. The van der Waals surface area contributed by atoms with E-state index in [0.29, 0.717) is 16.0 Å². The molecule has 78 valence electrons. The van der Waals surface area contributed by atoms with Crippen LogP contribution in [-0.4, -0.2) is 0 Å². The molecule has 0 amide bonds. The van der Waals surface area contributed by atoms with E-state index in [2.05, 4.69) is 19.3 Å². The maximum atomic E-state index is 5.90. The maximum absolute atomic E-state index is 5.90. The molecular formula is C10H14Cl2N2. The molecule has 1 unspecified atom stereocenters. The van der Waals surface area contributed by atoms with Crippen LogP contribution in [0.2, 0.25) is 10.0 Å². The molecule has 0 aliphatic rings. The van der Waals surface area contributed by atoms with Crippen LogP contribution in [0.5, 0.6) is 0 Å². The number of hydrogen-bond donors (Lipinski definition) is 2. The Morgan fingerprint density at radius 1 is 1.14 bits per heavy atom. The summed E-state index contributed by atoms with van der Waals surface area (Å²) in [7, 11) is 0. The van der Waals surface area contributed by atoms with Gasteiger partial charge in [0.1, 0.15) is 0 Å². The largest absolute Gasteiger partial charge is 0.271 e. The lowest BCUT2D eigenvalue weighted by Gasteiger charge is -2.20. The van der Waals surface area contributed by atoms with Gasteiger partial charge in [-0.2, -0.15) is 0 Å². The van der Waals surface area contributed by atoms with Gasteiger partial charge in [0, 0.05) is 16.1 Å². The monoisotopic (exact) mass is 232 g/mol. The molecule has 2 nitrogen and oxygen atoms in total. The molecule has 4 heteroatoms. The lowest BCUT2D eigenvalue weighted by molar-refractivity contribution is 0.421. The van der Waals surface area contributed by atoms with Crippen molar-refractivity contribution < 1.29 is 0 Å². The summed E-state index contributed by atoms with van der Waals surface area (Å²) in [6.07, 6.45) is 0. The lowest BCUT2D eigenvalue weighted by Crippen LogP contribution is -2.31. The standard InChI is InChI=1S/C10H14Cl2N2/c1-6(2)10(14-13)7-3-8(11)5-9(12)4-7/h3-6,10,14H,13H2,1-2H3. The fourth-order valence-corrected chi connectivity index (χ4v) is 1.97. The van der Waals surface area contributed by atoms with Crippen LogP contribution >= 0.6 is 23.2 Å². The Kier molecular flexibility index (Phi) is 4.20. The summed E-state index contributed by atoms with van der Waals surface area (Å²) in [6.45, 7) is 4.17. The molecule has 0 fully saturated rings. The highest BCUT2D eigenvalue weighted by atomic mass is 35.5. The summed E-state index contributed by atoms with van der Waals surface area (Å²) in [6, 6.07) is 5.53. The van der Waals surface area contributed by atoms with Crippen LogP contribution in [0.1, 0.15) is 25.5 Å². The highest BCUT2D eigenvalue weighted by Crippen LogP contribution is 2.26. The van der Waals surface area contributed by atoms with E-state index < -0.39 is 0 Å². The van der Waals surface area contributed by atoms with Gasteiger partial charge in [-0.15, -0.1) is 0 Å². The van der Waals surface area contributed by atoms with Crippen LogP contribution in [0.4, 0.5) is 0 Å². The number of halogens is 2. The molecule has 14 heavy (non-hydrogen) atoms. The van der Waals surface area contributed by atoms with Crippen LogP contribution in [0.25, 0.3) is 0 Å². The predicted molar refractivity (Wildman–Crippen MR) is 61.4 cm³/mol. The van der Waals surface area contributed by atoms with E-state index in [1.807, 2.05) is 12.1 Å². The quantitative estimate of drug-likeness (QED) is 0.621. The average molecular weight is 233 g/mol. The molecule has 1 aromatic carbocycles. The predicted octanol–water partition coefficient (Wildman–Crippen LogP) is 3.15. The zero-order valence-electron chi connectivity index (χ0n) is 8.22. The van der Waals surface area contributed by atoms with Crippen LogP contribution < -0.4 is 11.3 Å². The molecule has 0 heterocycles. The minimum atomic E-state index is 0.0752. The van der Waals surface area contributed by atoms with E-state index in [1.54, 1.807) is 6.07 Å². The molecule has 0 bridgehead atoms. The fraction of sp³-hybridized carbons (Fsp3) is 0.400. The van der Waals surface area contributed by atoms with Crippen molar-refractivity contribution in [2.45, 2.75) is 19.9 Å². The molecule has 0 aromatic heterocycles. The van der Waals surface area contributed by atoms with E-state index in [-0.39, 0.29) is 6.04 Å². The molecule has 1 aromatic rings. The van der Waals surface area contributed by atoms with Crippen molar-refractivity contribution in [3.8, 4) is 0 Å². The molecular weight excluding hydrogens is 219 g/mol. The van der Waals surface area contributed by atoms with Crippen LogP contribution in [0.3, 0.4) is 0 Å². The molecule has 0 saturated carbocycles. The molecule has 0 aliphatic carbocycles. The van der Waals surface area contributed by atoms with Gasteiger partial charge in [0.15, 0.2) is 0 Å². The minimum absolute atomic E-state index is 0.0752. The van der Waals surface area contributed by atoms with Gasteiger partial charge in [-0.1, -0.05) is 37.0 Å². The molecule has 0 spiro atoms. The molecule has 3 N–H and O–H groups in total. The van der Waals surface area contributed by atoms with E-state index in [0.717, 1.165) is 5.56 Å². The van der Waals surface area contributed by atoms with Gasteiger partial charge in [-0.3, -0.25) is 11.3 Å². The minimum Gasteiger partial charge on any atom is -0.271 e. The van der Waals surface area contributed by atoms with Crippen molar-refractivity contribution in [1.29, 1.82) is 0 Å². The molecule has 0 aliphatic heterocycles. The van der Waals surface area contributed by atoms with Crippen molar-refractivity contribution >= 4 is 23.2 Å². The van der Waals surface area contributed by atoms with E-state index in [4.69, 9.17) is 29.0 Å². The number of nitrogens with one attached hydrogen (secondary N) is 1. The second kappa shape index (κ2) is 4.99. The lowest BCUT2D eigenvalue weighted by atomic mass is 9.97. The summed E-state index contributed by atoms with van der Waals surface area (Å²) in [5.74, 6) is 5.85. The summed E-state index contributed by atoms with van der Waals surface area (Å²) in [5.41, 5.74) is 3.77. The van der Waals surface area contributed by atoms with Crippen LogP contribution in [-0.2, 0) is 0 Å². The summed E-state index contributed by atoms with van der Waals surface area (Å²) in [4.78, 5) is 0. The second-order valence-corrected chi connectivity index (χ2v) is 4.46. The van der Waals surface area contributed by atoms with Crippen molar-refractivity contribution in [1.82, 2.24) is 5.43 Å². The highest BCUT2D eigenvalue weighted by molar-refractivity contribution is 6.34. The van der Waals surface area contributed by atoms with E-state index >= 15 is 0 Å². The summed E-state index contributed by atoms with van der Waals surface area (Å²) < 4.78 is 0. The number of hydrazine groups is 1. The molecule has 1 rings (SSSR count). The molecule has 0 radical (unpaired) electrons. The van der Waals surface area contributed by atoms with Gasteiger partial charge in [0.25, 0.3) is 0 Å². The number of rotatable bonds is 3. The molecule has 1 atom stereocenters. The van der Waals surface area contributed by atoms with Gasteiger partial charge in [-0.25, -0.2) is 0 Å². The second-order valence-electron chi connectivity index (χ2n) is 3.59. The van der Waals surface area contributed by atoms with Crippen molar-refractivity contribution in [2.75, 3.05) is 0 Å². The Labute approximate surface area is 94.4 Å². The highest BCUT2D eigenvalue weighted by Gasteiger charge is 2.14. The fourth-order valence-electron chi connectivity index (χ4n) is 1.43. The first-order valence-corrected chi connectivity index (χ1v) is 5.22. The average Bonchev–Trinajstić information content (AvgIpc) is 2.02. The zero-order valence-corrected chi connectivity index (χ0v) is 9.73. The van der Waals surface area contributed by atoms with Gasteiger partial charge in [0.05, 0.1) is 0 Å². The van der Waals surface area contributed by atoms with Crippen LogP contribution in [0.15, 0.2) is 18.2 Å². The topological polar surface area (TPSA) is 38.0 Å². The summed E-state index contributed by atoms with van der Waals surface area (Å²) >= 11 is 11.8. The summed E-state index contributed by atoms with van der Waals surface area (Å²) in [5, 5.41) is 1.27. The first-order chi connectivity index (χ1) is 6.54. The number of benzene rings is 1. The van der Waals surface area contributed by atoms with E-state index in [1.165, 1.54) is 0 Å². The smallest absolute Gasteiger partial charge is 0.0483 e. The van der Waals surface area contributed by atoms with Crippen LogP contribution in [0, 0.1) is 5.92 Å². The Morgan fingerprint density at radius 3 is 2.00 bits per heavy atom. The van der Waals surface area contributed by atoms with Gasteiger partial charge in [-0.05, 0) is 29.7 Å². The number of nitrogens with two attached hydrogens (primary N) is 1. The van der Waals surface area contributed by atoms with Crippen molar-refractivity contribution in [2.24, 2.45) is 11.8 Å². The number of hydrogen-bond acceptors (Lipinski definition) is 2. The Hall–Kier alpha value is -0.280. The zero-order chi connectivity index (χ0) is 10.7. The van der Waals surface area contributed by atoms with Crippen molar-refractivity contribution in [3.63, 3.8) is 0 Å². The van der Waals surface area contributed by atoms with Gasteiger partial charge < -0.3 is 0 Å². The SMILES string of the molecule is CC(C)C(NN)c1cc(Cl)cc(Cl)c1. The van der Waals surface area contributed by atoms with E-state index in [9.17, 15) is 0 Å². The third kappa shape index (κ3) is 2.85. The molecule has 0 saturated heterocycles. The first-order valence-electron chi connectivity index (χ1n) is 4.46. The van der Waals surface area contributed by atoms with Gasteiger partial charge >= 0.3 is 0 Å². The Bertz CT molecular complexity index is 293. The first kappa shape index (κ1) is 11.8. The Balaban J connectivity index is 3.04.